The minimum atomic E-state index is -2.54. The molecule has 1 aromatic rings. The van der Waals surface area contributed by atoms with Gasteiger partial charge in [-0.1, -0.05) is 0 Å². The summed E-state index contributed by atoms with van der Waals surface area (Å²) in [6.45, 7) is -0.568. The number of halogens is 2. The van der Waals surface area contributed by atoms with Crippen molar-refractivity contribution in [3.05, 3.63) is 18.0 Å². The van der Waals surface area contributed by atoms with Gasteiger partial charge in [-0.3, -0.25) is 0 Å². The highest BCUT2D eigenvalue weighted by Gasteiger charge is 2.15. The van der Waals surface area contributed by atoms with Crippen LogP contribution in [0.4, 0.5) is 14.5 Å². The van der Waals surface area contributed by atoms with Gasteiger partial charge in [0.1, 0.15) is 5.69 Å². The molecule has 0 bridgehead atoms. The zero-order valence-electron chi connectivity index (χ0n) is 7.54. The number of alkyl halides is 2. The first-order valence-electron chi connectivity index (χ1n) is 3.86. The Hall–Kier alpha value is -1.59. The number of nitrogens with two attached hydrogens (primary N) is 1. The predicted octanol–water partition coefficient (Wildman–Crippen LogP) is 1.12. The number of ether oxygens (including phenoxy) is 1. The number of esters is 1. The van der Waals surface area contributed by atoms with E-state index in [1.165, 1.54) is 19.4 Å². The van der Waals surface area contributed by atoms with E-state index in [1.54, 1.807) is 0 Å². The summed E-state index contributed by atoms with van der Waals surface area (Å²) in [4.78, 5) is 11.1. The van der Waals surface area contributed by atoms with Crippen molar-refractivity contribution in [2.24, 2.45) is 0 Å². The first kappa shape index (κ1) is 10.5. The summed E-state index contributed by atoms with van der Waals surface area (Å²) in [7, 11) is 1.18. The SMILES string of the molecule is COC(=O)c1cc(N)cn1CC(F)F. The molecule has 6 heteroatoms. The molecule has 0 fully saturated rings. The van der Waals surface area contributed by atoms with Crippen LogP contribution in [0.2, 0.25) is 0 Å². The molecule has 0 unspecified atom stereocenters. The van der Waals surface area contributed by atoms with Crippen LogP contribution >= 0.6 is 0 Å². The van der Waals surface area contributed by atoms with Crippen molar-refractivity contribution >= 4 is 11.7 Å². The molecule has 0 saturated heterocycles. The highest BCUT2D eigenvalue weighted by atomic mass is 19.3. The number of carbonyl (C=O) groups excluding carboxylic acids is 1. The van der Waals surface area contributed by atoms with Crippen LogP contribution in [0.5, 0.6) is 0 Å². The average molecular weight is 204 g/mol. The summed E-state index contributed by atoms with van der Waals surface area (Å²) in [5.41, 5.74) is 5.66. The second kappa shape index (κ2) is 4.08. The largest absolute Gasteiger partial charge is 0.464 e. The second-order valence-electron chi connectivity index (χ2n) is 2.69. The highest BCUT2D eigenvalue weighted by Crippen LogP contribution is 2.13. The van der Waals surface area contributed by atoms with Gasteiger partial charge in [-0.25, -0.2) is 13.6 Å². The minimum absolute atomic E-state index is 0.0327. The van der Waals surface area contributed by atoms with Gasteiger partial charge < -0.3 is 15.0 Å². The zero-order chi connectivity index (χ0) is 10.7. The Morgan fingerprint density at radius 2 is 2.36 bits per heavy atom. The number of methoxy groups -OCH3 is 1. The molecule has 1 heterocycles. The normalized spacial score (nSPS) is 10.6. The van der Waals surface area contributed by atoms with Crippen molar-refractivity contribution in [1.82, 2.24) is 4.57 Å². The van der Waals surface area contributed by atoms with Gasteiger partial charge in [0.05, 0.1) is 19.3 Å². The molecular formula is C8H10F2N2O2. The Morgan fingerprint density at radius 3 is 2.86 bits per heavy atom. The fourth-order valence-corrected chi connectivity index (χ4v) is 1.11. The number of rotatable bonds is 3. The number of anilines is 1. The number of carbonyl (C=O) groups is 1. The number of hydrogen-bond donors (Lipinski definition) is 1. The van der Waals surface area contributed by atoms with Crippen molar-refractivity contribution in [1.29, 1.82) is 0 Å². The molecule has 0 spiro atoms. The van der Waals surface area contributed by atoms with E-state index in [9.17, 15) is 13.6 Å². The molecule has 0 aliphatic heterocycles. The molecule has 0 amide bonds. The van der Waals surface area contributed by atoms with E-state index < -0.39 is 18.9 Å². The third-order valence-electron chi connectivity index (χ3n) is 1.65. The van der Waals surface area contributed by atoms with E-state index in [1.807, 2.05) is 0 Å². The van der Waals surface area contributed by atoms with Crippen LogP contribution in [-0.4, -0.2) is 24.1 Å². The first-order chi connectivity index (χ1) is 6.54. The third kappa shape index (κ3) is 2.21. The maximum Gasteiger partial charge on any atom is 0.354 e. The molecule has 0 aliphatic rings. The molecule has 2 N–H and O–H groups in total. The molecule has 4 nitrogen and oxygen atoms in total. The van der Waals surface area contributed by atoms with E-state index in [4.69, 9.17) is 5.73 Å². The van der Waals surface area contributed by atoms with Crippen molar-refractivity contribution < 1.29 is 18.3 Å². The van der Waals surface area contributed by atoms with Gasteiger partial charge in [0, 0.05) is 6.20 Å². The van der Waals surface area contributed by atoms with Crippen LogP contribution in [0, 0.1) is 0 Å². The molecule has 0 aromatic carbocycles. The van der Waals surface area contributed by atoms with Crippen LogP contribution < -0.4 is 5.73 Å². The van der Waals surface area contributed by atoms with E-state index in [0.29, 0.717) is 0 Å². The zero-order valence-corrected chi connectivity index (χ0v) is 7.54. The van der Waals surface area contributed by atoms with Crippen LogP contribution in [-0.2, 0) is 11.3 Å². The fraction of sp³-hybridized carbons (Fsp3) is 0.375. The quantitative estimate of drug-likeness (QED) is 0.750. The van der Waals surface area contributed by atoms with Crippen molar-refractivity contribution in [3.8, 4) is 0 Å². The van der Waals surface area contributed by atoms with Crippen LogP contribution in [0.15, 0.2) is 12.3 Å². The Kier molecular flexibility index (Phi) is 3.06. The maximum atomic E-state index is 12.1. The lowest BCUT2D eigenvalue weighted by atomic mass is 10.4. The summed E-state index contributed by atoms with van der Waals surface area (Å²) < 4.78 is 29.6. The van der Waals surface area contributed by atoms with Gasteiger partial charge in [0.15, 0.2) is 0 Å². The maximum absolute atomic E-state index is 12.1. The van der Waals surface area contributed by atoms with Crippen LogP contribution in [0.1, 0.15) is 10.5 Å². The smallest absolute Gasteiger partial charge is 0.354 e. The number of aromatic nitrogens is 1. The fourth-order valence-electron chi connectivity index (χ4n) is 1.11. The van der Waals surface area contributed by atoms with E-state index in [0.717, 1.165) is 4.57 Å². The number of hydrogen-bond acceptors (Lipinski definition) is 3. The first-order valence-corrected chi connectivity index (χ1v) is 3.86. The molecule has 0 saturated carbocycles. The summed E-state index contributed by atoms with van der Waals surface area (Å²) in [5, 5.41) is 0. The molecule has 0 aliphatic carbocycles. The van der Waals surface area contributed by atoms with E-state index in [2.05, 4.69) is 4.74 Å². The Balaban J connectivity index is 2.96. The topological polar surface area (TPSA) is 57.2 Å². The summed E-state index contributed by atoms with van der Waals surface area (Å²) in [5.74, 6) is -0.678. The monoisotopic (exact) mass is 204 g/mol. The van der Waals surface area contributed by atoms with Crippen molar-refractivity contribution in [2.45, 2.75) is 13.0 Å². The lowest BCUT2D eigenvalue weighted by Gasteiger charge is -2.05. The average Bonchev–Trinajstić information content (AvgIpc) is 2.44. The van der Waals surface area contributed by atoms with Gasteiger partial charge in [0.2, 0.25) is 0 Å². The van der Waals surface area contributed by atoms with Gasteiger partial charge >= 0.3 is 5.97 Å². The molecule has 1 rings (SSSR count). The van der Waals surface area contributed by atoms with E-state index in [-0.39, 0.29) is 11.4 Å². The molecule has 0 radical (unpaired) electrons. The van der Waals surface area contributed by atoms with Gasteiger partial charge in [-0.05, 0) is 6.07 Å². The van der Waals surface area contributed by atoms with Gasteiger partial charge in [-0.15, -0.1) is 0 Å². The summed E-state index contributed by atoms with van der Waals surface area (Å²) in [6.07, 6.45) is -1.26. The molecule has 78 valence electrons. The van der Waals surface area contributed by atoms with Crippen molar-refractivity contribution in [3.63, 3.8) is 0 Å². The predicted molar refractivity (Wildman–Crippen MR) is 46.2 cm³/mol. The van der Waals surface area contributed by atoms with Crippen LogP contribution in [0.25, 0.3) is 0 Å². The lowest BCUT2D eigenvalue weighted by molar-refractivity contribution is 0.0580. The Morgan fingerprint density at radius 1 is 1.71 bits per heavy atom. The minimum Gasteiger partial charge on any atom is -0.464 e. The molecular weight excluding hydrogens is 194 g/mol. The number of nitrogen functional groups attached to an aromatic ring is 1. The molecule has 0 atom stereocenters. The Bertz CT molecular complexity index is 336. The van der Waals surface area contributed by atoms with E-state index >= 15 is 0 Å². The molecule has 1 aromatic heterocycles. The highest BCUT2D eigenvalue weighted by molar-refractivity contribution is 5.88. The van der Waals surface area contributed by atoms with Gasteiger partial charge in [-0.2, -0.15) is 0 Å². The summed E-state index contributed by atoms with van der Waals surface area (Å²) >= 11 is 0. The Labute approximate surface area is 79.3 Å². The van der Waals surface area contributed by atoms with Gasteiger partial charge in [0.25, 0.3) is 6.43 Å². The third-order valence-corrected chi connectivity index (χ3v) is 1.65. The van der Waals surface area contributed by atoms with Crippen molar-refractivity contribution in [2.75, 3.05) is 12.8 Å². The second-order valence-corrected chi connectivity index (χ2v) is 2.69. The summed E-state index contributed by atoms with van der Waals surface area (Å²) in [6, 6.07) is 1.30. The standard InChI is InChI=1S/C8H10F2N2O2/c1-14-8(13)6-2-5(11)3-12(6)4-7(9)10/h2-3,7H,4,11H2,1H3. The number of nitrogens with zero attached hydrogens (tertiary/aromatic N) is 1. The molecule has 14 heavy (non-hydrogen) atoms. The van der Waals surface area contributed by atoms with Crippen LogP contribution in [0.3, 0.4) is 0 Å². The lowest BCUT2D eigenvalue weighted by Crippen LogP contribution is -2.13.